The highest BCUT2D eigenvalue weighted by Gasteiger charge is 2.07. The van der Waals surface area contributed by atoms with Crippen LogP contribution in [0.15, 0.2) is 42.6 Å². The van der Waals surface area contributed by atoms with Gasteiger partial charge in [0, 0.05) is 31.6 Å². The van der Waals surface area contributed by atoms with E-state index >= 15 is 0 Å². The molecule has 1 aromatic carbocycles. The van der Waals surface area contributed by atoms with Crippen molar-refractivity contribution in [1.29, 1.82) is 0 Å². The number of aromatic nitrogens is 1. The number of ether oxygens (including phenoxy) is 2. The summed E-state index contributed by atoms with van der Waals surface area (Å²) in [6, 6.07) is 12.3. The zero-order chi connectivity index (χ0) is 16.3. The molecule has 1 N–H and O–H groups in total. The van der Waals surface area contributed by atoms with Crippen molar-refractivity contribution in [2.75, 3.05) is 26.9 Å². The van der Waals surface area contributed by atoms with Gasteiger partial charge in [0.2, 0.25) is 0 Å². The van der Waals surface area contributed by atoms with Crippen molar-refractivity contribution in [3.63, 3.8) is 0 Å². The van der Waals surface area contributed by atoms with Crippen molar-refractivity contribution < 1.29 is 9.47 Å². The molecule has 0 amide bonds. The number of para-hydroxylation sites is 2. The predicted octanol–water partition coefficient (Wildman–Crippen LogP) is 3.78. The summed E-state index contributed by atoms with van der Waals surface area (Å²) < 4.78 is 13.2. The minimum atomic E-state index is 0.833. The highest BCUT2D eigenvalue weighted by Crippen LogP contribution is 2.23. The van der Waals surface area contributed by atoms with Crippen LogP contribution >= 0.6 is 0 Å². The molecule has 126 valence electrons. The van der Waals surface area contributed by atoms with Gasteiger partial charge in [0.25, 0.3) is 0 Å². The lowest BCUT2D eigenvalue weighted by molar-refractivity contribution is 0.128. The fourth-order valence-corrected chi connectivity index (χ4v) is 2.49. The highest BCUT2D eigenvalue weighted by atomic mass is 16.5. The molecule has 1 aromatic heterocycles. The van der Waals surface area contributed by atoms with Gasteiger partial charge in [-0.1, -0.05) is 25.5 Å². The van der Waals surface area contributed by atoms with Crippen molar-refractivity contribution in [3.05, 3.63) is 48.3 Å². The van der Waals surface area contributed by atoms with Crippen LogP contribution < -0.4 is 10.1 Å². The van der Waals surface area contributed by atoms with Crippen LogP contribution in [0, 0.1) is 0 Å². The fraction of sp³-hybridized carbons (Fsp3) is 0.474. The third-order valence-corrected chi connectivity index (χ3v) is 3.77. The van der Waals surface area contributed by atoms with Crippen molar-refractivity contribution in [2.24, 2.45) is 0 Å². The maximum atomic E-state index is 5.57. The van der Waals surface area contributed by atoms with E-state index < -0.39 is 0 Å². The van der Waals surface area contributed by atoms with Crippen molar-refractivity contribution in [3.8, 4) is 11.4 Å². The van der Waals surface area contributed by atoms with Gasteiger partial charge >= 0.3 is 0 Å². The largest absolute Gasteiger partial charge is 0.495 e. The molecule has 2 aromatic rings. The Balaban J connectivity index is 1.80. The predicted molar refractivity (Wildman–Crippen MR) is 94.4 cm³/mol. The highest BCUT2D eigenvalue weighted by molar-refractivity contribution is 5.48. The van der Waals surface area contributed by atoms with Crippen molar-refractivity contribution in [2.45, 2.75) is 32.7 Å². The topological polar surface area (TPSA) is 35.4 Å². The van der Waals surface area contributed by atoms with Crippen LogP contribution in [0.2, 0.25) is 0 Å². The van der Waals surface area contributed by atoms with Crippen LogP contribution in [0.5, 0.6) is 5.75 Å². The first-order valence-electron chi connectivity index (χ1n) is 8.45. The second-order valence-corrected chi connectivity index (χ2v) is 5.54. The van der Waals surface area contributed by atoms with Gasteiger partial charge in [0.1, 0.15) is 5.75 Å². The third kappa shape index (κ3) is 5.41. The number of hydrogen-bond acceptors (Lipinski definition) is 3. The second-order valence-electron chi connectivity index (χ2n) is 5.54. The Labute approximate surface area is 139 Å². The summed E-state index contributed by atoms with van der Waals surface area (Å²) in [5, 5.41) is 3.48. The van der Waals surface area contributed by atoms with E-state index in [1.54, 1.807) is 7.11 Å². The first-order chi connectivity index (χ1) is 11.4. The van der Waals surface area contributed by atoms with E-state index in [0.29, 0.717) is 0 Å². The molecule has 0 atom stereocenters. The van der Waals surface area contributed by atoms with Gasteiger partial charge in [0.15, 0.2) is 0 Å². The zero-order valence-corrected chi connectivity index (χ0v) is 14.3. The maximum absolute atomic E-state index is 5.57. The Morgan fingerprint density at radius 1 is 1.04 bits per heavy atom. The molecular weight excluding hydrogens is 288 g/mol. The van der Waals surface area contributed by atoms with Gasteiger partial charge in [0.05, 0.1) is 12.8 Å². The Hall–Kier alpha value is -1.78. The lowest BCUT2D eigenvalue weighted by Gasteiger charge is -2.13. The maximum Gasteiger partial charge on any atom is 0.142 e. The van der Waals surface area contributed by atoms with Gasteiger partial charge in [-0.05, 0) is 43.7 Å². The molecule has 4 nitrogen and oxygen atoms in total. The summed E-state index contributed by atoms with van der Waals surface area (Å²) in [6.45, 7) is 5.69. The number of methoxy groups -OCH3 is 1. The minimum Gasteiger partial charge on any atom is -0.495 e. The standard InChI is InChI=1S/C19H28N2O2/c1-3-4-14-23-15-8-12-20-16-17-9-7-13-21(17)18-10-5-6-11-19(18)22-2/h5-7,9-11,13,20H,3-4,8,12,14-16H2,1-2H3. The molecule has 0 bridgehead atoms. The summed E-state index contributed by atoms with van der Waals surface area (Å²) in [4.78, 5) is 0. The van der Waals surface area contributed by atoms with Gasteiger partial charge in [-0.3, -0.25) is 0 Å². The van der Waals surface area contributed by atoms with Crippen LogP contribution in [0.1, 0.15) is 31.9 Å². The van der Waals surface area contributed by atoms with Crippen LogP contribution in [-0.2, 0) is 11.3 Å². The second kappa shape index (κ2) is 10.1. The molecule has 0 aliphatic rings. The summed E-state index contributed by atoms with van der Waals surface area (Å²) in [6.07, 6.45) is 5.46. The fourth-order valence-electron chi connectivity index (χ4n) is 2.49. The first kappa shape index (κ1) is 17.6. The number of rotatable bonds is 11. The normalized spacial score (nSPS) is 10.9. The average Bonchev–Trinajstić information content (AvgIpc) is 3.05. The van der Waals surface area contributed by atoms with E-state index in [0.717, 1.165) is 50.6 Å². The smallest absolute Gasteiger partial charge is 0.142 e. The molecule has 0 saturated carbocycles. The molecule has 0 spiro atoms. The summed E-state index contributed by atoms with van der Waals surface area (Å²) in [5.41, 5.74) is 2.29. The SMILES string of the molecule is CCCCOCCCNCc1cccn1-c1ccccc1OC. The van der Waals surface area contributed by atoms with E-state index in [9.17, 15) is 0 Å². The first-order valence-corrected chi connectivity index (χ1v) is 8.45. The zero-order valence-electron chi connectivity index (χ0n) is 14.3. The Kier molecular flexibility index (Phi) is 7.70. The molecule has 4 heteroatoms. The minimum absolute atomic E-state index is 0.833. The molecule has 0 saturated heterocycles. The van der Waals surface area contributed by atoms with Crippen molar-refractivity contribution >= 4 is 0 Å². The molecule has 0 unspecified atom stereocenters. The molecule has 0 aliphatic carbocycles. The van der Waals surface area contributed by atoms with E-state index in [1.807, 2.05) is 18.2 Å². The summed E-state index contributed by atoms with van der Waals surface area (Å²) in [5.74, 6) is 0.884. The van der Waals surface area contributed by atoms with Crippen LogP contribution in [0.25, 0.3) is 5.69 Å². The molecule has 2 rings (SSSR count). The molecular formula is C19H28N2O2. The number of nitrogens with one attached hydrogen (secondary N) is 1. The van der Waals surface area contributed by atoms with E-state index in [-0.39, 0.29) is 0 Å². The molecule has 1 heterocycles. The summed E-state index contributed by atoms with van der Waals surface area (Å²) in [7, 11) is 1.71. The lowest BCUT2D eigenvalue weighted by atomic mass is 10.2. The number of nitrogens with zero attached hydrogens (tertiary/aromatic N) is 1. The average molecular weight is 316 g/mol. The monoisotopic (exact) mass is 316 g/mol. The molecule has 0 fully saturated rings. The van der Waals surface area contributed by atoms with Gasteiger partial charge in [-0.15, -0.1) is 0 Å². The number of hydrogen-bond donors (Lipinski definition) is 1. The number of benzene rings is 1. The third-order valence-electron chi connectivity index (χ3n) is 3.77. The van der Waals surface area contributed by atoms with Crippen LogP contribution in [0.3, 0.4) is 0 Å². The lowest BCUT2D eigenvalue weighted by Crippen LogP contribution is -2.18. The van der Waals surface area contributed by atoms with Gasteiger partial charge in [-0.2, -0.15) is 0 Å². The van der Waals surface area contributed by atoms with E-state index in [2.05, 4.69) is 41.2 Å². The van der Waals surface area contributed by atoms with E-state index in [4.69, 9.17) is 9.47 Å². The Morgan fingerprint density at radius 2 is 1.87 bits per heavy atom. The van der Waals surface area contributed by atoms with Crippen molar-refractivity contribution in [1.82, 2.24) is 9.88 Å². The van der Waals surface area contributed by atoms with Crippen LogP contribution in [-0.4, -0.2) is 31.4 Å². The molecule has 0 aliphatic heterocycles. The van der Waals surface area contributed by atoms with E-state index in [1.165, 1.54) is 12.1 Å². The Bertz CT molecular complexity index is 566. The molecule has 23 heavy (non-hydrogen) atoms. The quantitative estimate of drug-likeness (QED) is 0.641. The number of unbranched alkanes of at least 4 members (excludes halogenated alkanes) is 1. The summed E-state index contributed by atoms with van der Waals surface area (Å²) >= 11 is 0. The van der Waals surface area contributed by atoms with Gasteiger partial charge < -0.3 is 19.4 Å². The van der Waals surface area contributed by atoms with Gasteiger partial charge in [-0.25, -0.2) is 0 Å². The molecule has 0 radical (unpaired) electrons. The Morgan fingerprint density at radius 3 is 2.70 bits per heavy atom. The van der Waals surface area contributed by atoms with Crippen LogP contribution in [0.4, 0.5) is 0 Å².